The van der Waals surface area contributed by atoms with Crippen LogP contribution in [0.25, 0.3) is 0 Å². The Hall–Kier alpha value is -2.57. The van der Waals surface area contributed by atoms with Gasteiger partial charge < -0.3 is 20.1 Å². The molecule has 162 valence electrons. The van der Waals surface area contributed by atoms with Crippen LogP contribution in [0.5, 0.6) is 0 Å². The predicted octanol–water partition coefficient (Wildman–Crippen LogP) is 3.57. The highest BCUT2D eigenvalue weighted by Crippen LogP contribution is 2.36. The van der Waals surface area contributed by atoms with Gasteiger partial charge in [0.25, 0.3) is 0 Å². The molecule has 2 N–H and O–H groups in total. The zero-order chi connectivity index (χ0) is 21.6. The summed E-state index contributed by atoms with van der Waals surface area (Å²) in [5.41, 5.74) is 4.13. The summed E-state index contributed by atoms with van der Waals surface area (Å²) in [6.07, 6.45) is 0.457. The van der Waals surface area contributed by atoms with Crippen LogP contribution in [-0.2, 0) is 17.8 Å². The Morgan fingerprint density at radius 3 is 2.60 bits per heavy atom. The number of anilines is 2. The van der Waals surface area contributed by atoms with E-state index in [1.807, 2.05) is 42.5 Å². The second-order valence-corrected chi connectivity index (χ2v) is 8.60. The van der Waals surface area contributed by atoms with Gasteiger partial charge in [0.2, 0.25) is 0 Å². The Bertz CT molecular complexity index is 833. The highest BCUT2D eigenvalue weighted by atomic mass is 16.6. The molecule has 0 aliphatic carbocycles. The molecular formula is C24H33N3O3. The predicted molar refractivity (Wildman–Crippen MR) is 121 cm³/mol. The second kappa shape index (κ2) is 9.96. The zero-order valence-electron chi connectivity index (χ0n) is 18.2. The number of aliphatic hydroxyl groups excluding tert-OH is 1. The lowest BCUT2D eigenvalue weighted by atomic mass is 10.1. The minimum absolute atomic E-state index is 0.0445. The summed E-state index contributed by atoms with van der Waals surface area (Å²) in [5.74, 6) is 0. The van der Waals surface area contributed by atoms with E-state index in [4.69, 9.17) is 4.74 Å². The van der Waals surface area contributed by atoms with Gasteiger partial charge in [-0.2, -0.15) is 0 Å². The third-order valence-corrected chi connectivity index (χ3v) is 5.18. The first-order valence-electron chi connectivity index (χ1n) is 10.6. The van der Waals surface area contributed by atoms with Gasteiger partial charge >= 0.3 is 6.09 Å². The lowest BCUT2D eigenvalue weighted by molar-refractivity contribution is 0.147. The smallest absolute Gasteiger partial charge is 0.414 e. The van der Waals surface area contributed by atoms with E-state index in [-0.39, 0.29) is 24.8 Å². The van der Waals surface area contributed by atoms with E-state index in [1.165, 1.54) is 0 Å². The van der Waals surface area contributed by atoms with E-state index in [0.717, 1.165) is 42.0 Å². The van der Waals surface area contributed by atoms with Crippen molar-refractivity contribution in [3.8, 4) is 0 Å². The number of hydrogen-bond acceptors (Lipinski definition) is 5. The number of carbonyl (C=O) groups excluding carboxylic acids is 1. The number of fused-ring (bicyclic) bond motifs is 1. The van der Waals surface area contributed by atoms with E-state index >= 15 is 0 Å². The van der Waals surface area contributed by atoms with E-state index in [9.17, 15) is 9.90 Å². The van der Waals surface area contributed by atoms with Crippen molar-refractivity contribution in [1.29, 1.82) is 0 Å². The van der Waals surface area contributed by atoms with Crippen LogP contribution in [0.4, 0.5) is 16.2 Å². The number of nitrogens with zero attached hydrogens (tertiary/aromatic N) is 2. The Morgan fingerprint density at radius 1 is 1.13 bits per heavy atom. The van der Waals surface area contributed by atoms with Gasteiger partial charge in [0, 0.05) is 43.0 Å². The Balaban J connectivity index is 1.70. The quantitative estimate of drug-likeness (QED) is 0.695. The standard InChI is InChI=1S/C24H33N3O3/c1-24(2,3)25-13-15-26(16-17-28)21-10-7-11-22-20(21)12-14-27(22)23(29)30-18-19-8-5-4-6-9-19/h4-11,25,28H,12-18H2,1-3H3. The number of hydrogen-bond donors (Lipinski definition) is 2. The third kappa shape index (κ3) is 5.74. The molecule has 30 heavy (non-hydrogen) atoms. The van der Waals surface area contributed by atoms with Gasteiger partial charge in [-0.3, -0.25) is 4.90 Å². The first-order valence-corrected chi connectivity index (χ1v) is 10.6. The number of nitrogens with one attached hydrogen (secondary N) is 1. The van der Waals surface area contributed by atoms with E-state index in [0.29, 0.717) is 13.1 Å². The molecule has 0 radical (unpaired) electrons. The Kier molecular flexibility index (Phi) is 7.34. The van der Waals surface area contributed by atoms with Crippen molar-refractivity contribution in [2.75, 3.05) is 42.6 Å². The molecule has 0 atom stereocenters. The molecule has 3 rings (SSSR count). The lowest BCUT2D eigenvalue weighted by Crippen LogP contribution is -2.42. The van der Waals surface area contributed by atoms with Crippen molar-refractivity contribution in [2.24, 2.45) is 0 Å². The van der Waals surface area contributed by atoms with Crippen molar-refractivity contribution in [2.45, 2.75) is 39.3 Å². The third-order valence-electron chi connectivity index (χ3n) is 5.18. The molecular weight excluding hydrogens is 378 g/mol. The Morgan fingerprint density at radius 2 is 1.90 bits per heavy atom. The number of benzene rings is 2. The maximum absolute atomic E-state index is 12.7. The average Bonchev–Trinajstić information content (AvgIpc) is 3.16. The fourth-order valence-electron chi connectivity index (χ4n) is 3.74. The molecule has 2 aromatic carbocycles. The van der Waals surface area contributed by atoms with Crippen LogP contribution >= 0.6 is 0 Å². The molecule has 0 aromatic heterocycles. The first-order chi connectivity index (χ1) is 14.4. The van der Waals surface area contributed by atoms with Crippen molar-refractivity contribution in [1.82, 2.24) is 5.32 Å². The number of ether oxygens (including phenoxy) is 1. The van der Waals surface area contributed by atoms with Crippen LogP contribution in [0.2, 0.25) is 0 Å². The summed E-state index contributed by atoms with van der Waals surface area (Å²) in [5, 5.41) is 13.1. The Labute approximate surface area is 179 Å². The number of rotatable bonds is 8. The van der Waals surface area contributed by atoms with Gasteiger partial charge in [-0.25, -0.2) is 4.79 Å². The maximum Gasteiger partial charge on any atom is 0.414 e. The number of aliphatic hydroxyl groups is 1. The second-order valence-electron chi connectivity index (χ2n) is 8.60. The van der Waals surface area contributed by atoms with Crippen LogP contribution < -0.4 is 15.1 Å². The van der Waals surface area contributed by atoms with E-state index in [2.05, 4.69) is 37.1 Å². The van der Waals surface area contributed by atoms with Crippen molar-refractivity contribution in [3.63, 3.8) is 0 Å². The van der Waals surface area contributed by atoms with Gasteiger partial charge in [-0.15, -0.1) is 0 Å². The van der Waals surface area contributed by atoms with Crippen LogP contribution in [0.3, 0.4) is 0 Å². The molecule has 1 amide bonds. The van der Waals surface area contributed by atoms with Gasteiger partial charge in [-0.05, 0) is 44.9 Å². The van der Waals surface area contributed by atoms with Crippen LogP contribution in [-0.4, -0.2) is 49.5 Å². The van der Waals surface area contributed by atoms with Gasteiger partial charge in [0.1, 0.15) is 6.61 Å². The summed E-state index contributed by atoms with van der Waals surface area (Å²) >= 11 is 0. The lowest BCUT2D eigenvalue weighted by Gasteiger charge is -2.29. The first kappa shape index (κ1) is 22.1. The molecule has 0 bridgehead atoms. The summed E-state index contributed by atoms with van der Waals surface area (Å²) in [6.45, 7) is 9.53. The van der Waals surface area contributed by atoms with Crippen molar-refractivity contribution < 1.29 is 14.6 Å². The summed E-state index contributed by atoms with van der Waals surface area (Å²) in [4.78, 5) is 16.6. The molecule has 1 aliphatic rings. The summed E-state index contributed by atoms with van der Waals surface area (Å²) < 4.78 is 5.54. The highest BCUT2D eigenvalue weighted by molar-refractivity contribution is 5.92. The molecule has 0 spiro atoms. The minimum Gasteiger partial charge on any atom is -0.444 e. The molecule has 6 nitrogen and oxygen atoms in total. The summed E-state index contributed by atoms with van der Waals surface area (Å²) in [6, 6.07) is 15.7. The van der Waals surface area contributed by atoms with E-state index in [1.54, 1.807) is 4.90 Å². The fourth-order valence-corrected chi connectivity index (χ4v) is 3.74. The fraction of sp³-hybridized carbons (Fsp3) is 0.458. The zero-order valence-corrected chi connectivity index (χ0v) is 18.2. The van der Waals surface area contributed by atoms with Gasteiger partial charge in [0.05, 0.1) is 12.3 Å². The van der Waals surface area contributed by atoms with Gasteiger partial charge in [-0.1, -0.05) is 36.4 Å². The molecule has 2 aromatic rings. The summed E-state index contributed by atoms with van der Waals surface area (Å²) in [7, 11) is 0. The highest BCUT2D eigenvalue weighted by Gasteiger charge is 2.29. The largest absolute Gasteiger partial charge is 0.444 e. The maximum atomic E-state index is 12.7. The molecule has 1 heterocycles. The van der Waals surface area contributed by atoms with Gasteiger partial charge in [0.15, 0.2) is 0 Å². The molecule has 0 saturated carbocycles. The molecule has 0 unspecified atom stereocenters. The average molecular weight is 412 g/mol. The van der Waals surface area contributed by atoms with Crippen LogP contribution in [0.1, 0.15) is 31.9 Å². The normalized spacial score (nSPS) is 13.3. The molecule has 0 saturated heterocycles. The van der Waals surface area contributed by atoms with Crippen molar-refractivity contribution in [3.05, 3.63) is 59.7 Å². The SMILES string of the molecule is CC(C)(C)NCCN(CCO)c1cccc2c1CCN2C(=O)OCc1ccccc1. The minimum atomic E-state index is -0.321. The van der Waals surface area contributed by atoms with Crippen LogP contribution in [0.15, 0.2) is 48.5 Å². The number of carbonyl (C=O) groups is 1. The monoisotopic (exact) mass is 411 g/mol. The molecule has 6 heteroatoms. The van der Waals surface area contributed by atoms with Crippen molar-refractivity contribution >= 4 is 17.5 Å². The van der Waals surface area contributed by atoms with Crippen LogP contribution in [0, 0.1) is 0 Å². The topological polar surface area (TPSA) is 65.0 Å². The van der Waals surface area contributed by atoms with E-state index < -0.39 is 0 Å². The molecule has 0 fully saturated rings. The molecule has 1 aliphatic heterocycles. The number of amides is 1.